The number of hydrogen-bond donors (Lipinski definition) is 0. The molecule has 0 aromatic rings. The van der Waals surface area contributed by atoms with Crippen LogP contribution in [0.2, 0.25) is 0 Å². The van der Waals surface area contributed by atoms with Gasteiger partial charge in [-0.05, 0) is 42.4 Å². The van der Waals surface area contributed by atoms with E-state index in [1.54, 1.807) is 0 Å². The lowest BCUT2D eigenvalue weighted by Gasteiger charge is -2.39. The molecular weight excluding hydrogens is 276 g/mol. The Bertz CT molecular complexity index is 225. The molecular formula is C15H29BrO. The summed E-state index contributed by atoms with van der Waals surface area (Å²) in [5, 5.41) is 1.05. The van der Waals surface area contributed by atoms with Gasteiger partial charge in [0.2, 0.25) is 0 Å². The van der Waals surface area contributed by atoms with Crippen LogP contribution in [-0.2, 0) is 4.74 Å². The third-order valence-corrected chi connectivity index (χ3v) is 4.87. The molecule has 1 aliphatic carbocycles. The van der Waals surface area contributed by atoms with Crippen molar-refractivity contribution in [2.75, 3.05) is 11.9 Å². The largest absolute Gasteiger partial charge is 0.378 e. The minimum atomic E-state index is 0.462. The van der Waals surface area contributed by atoms with Gasteiger partial charge in [-0.15, -0.1) is 0 Å². The monoisotopic (exact) mass is 304 g/mol. The van der Waals surface area contributed by atoms with Crippen LogP contribution in [0, 0.1) is 23.2 Å². The predicted octanol–water partition coefficient (Wildman–Crippen LogP) is 4.88. The zero-order valence-corrected chi connectivity index (χ0v) is 13.7. The average Bonchev–Trinajstić information content (AvgIpc) is 2.14. The summed E-state index contributed by atoms with van der Waals surface area (Å²) in [5.74, 6) is 2.16. The second-order valence-electron chi connectivity index (χ2n) is 7.03. The van der Waals surface area contributed by atoms with Gasteiger partial charge in [0.25, 0.3) is 0 Å². The van der Waals surface area contributed by atoms with Crippen LogP contribution >= 0.6 is 15.9 Å². The summed E-state index contributed by atoms with van der Waals surface area (Å²) in [5.41, 5.74) is 0.462. The Hall–Kier alpha value is 0.440. The van der Waals surface area contributed by atoms with Gasteiger partial charge in [0, 0.05) is 5.33 Å². The molecule has 1 rings (SSSR count). The number of rotatable bonds is 5. The van der Waals surface area contributed by atoms with Gasteiger partial charge in [-0.1, -0.05) is 50.5 Å². The van der Waals surface area contributed by atoms with E-state index >= 15 is 0 Å². The van der Waals surface area contributed by atoms with Crippen LogP contribution in [0.25, 0.3) is 0 Å². The molecule has 0 N–H and O–H groups in total. The molecule has 0 bridgehead atoms. The molecule has 0 aromatic carbocycles. The van der Waals surface area contributed by atoms with Crippen LogP contribution in [0.3, 0.4) is 0 Å². The number of alkyl halides is 1. The van der Waals surface area contributed by atoms with Crippen LogP contribution in [-0.4, -0.2) is 18.0 Å². The Morgan fingerprint density at radius 3 is 2.41 bits per heavy atom. The Morgan fingerprint density at radius 1 is 1.29 bits per heavy atom. The molecule has 1 saturated carbocycles. The summed E-state index contributed by atoms with van der Waals surface area (Å²) < 4.78 is 6.17. The lowest BCUT2D eigenvalue weighted by Crippen LogP contribution is -2.34. The Morgan fingerprint density at radius 2 is 1.94 bits per heavy atom. The van der Waals surface area contributed by atoms with Crippen molar-refractivity contribution < 1.29 is 4.74 Å². The minimum Gasteiger partial charge on any atom is -0.378 e. The molecule has 1 fully saturated rings. The van der Waals surface area contributed by atoms with E-state index in [1.807, 2.05) is 0 Å². The second-order valence-corrected chi connectivity index (χ2v) is 7.67. The average molecular weight is 305 g/mol. The molecule has 0 heterocycles. The van der Waals surface area contributed by atoms with Gasteiger partial charge < -0.3 is 4.74 Å². The van der Waals surface area contributed by atoms with Crippen molar-refractivity contribution >= 4 is 15.9 Å². The SMILES string of the molecule is CC1CC(OCC(CBr)C(C)C)CC(C)(C)C1. The molecule has 1 aliphatic rings. The predicted molar refractivity (Wildman–Crippen MR) is 78.7 cm³/mol. The highest BCUT2D eigenvalue weighted by atomic mass is 79.9. The third kappa shape index (κ3) is 5.30. The van der Waals surface area contributed by atoms with Crippen molar-refractivity contribution in [2.45, 2.75) is 60.0 Å². The van der Waals surface area contributed by atoms with Gasteiger partial charge >= 0.3 is 0 Å². The first-order chi connectivity index (χ1) is 7.84. The topological polar surface area (TPSA) is 9.23 Å². The maximum Gasteiger partial charge on any atom is 0.0582 e. The molecule has 0 saturated heterocycles. The second kappa shape index (κ2) is 6.56. The zero-order valence-electron chi connectivity index (χ0n) is 12.1. The first-order valence-corrected chi connectivity index (χ1v) is 8.14. The smallest absolute Gasteiger partial charge is 0.0582 e. The summed E-state index contributed by atoms with van der Waals surface area (Å²) in [4.78, 5) is 0. The standard InChI is InChI=1S/C15H29BrO/c1-11(2)13(9-16)10-17-14-6-12(3)7-15(4,5)8-14/h11-14H,6-10H2,1-5H3. The van der Waals surface area contributed by atoms with Gasteiger partial charge in [-0.3, -0.25) is 0 Å². The summed E-state index contributed by atoms with van der Waals surface area (Å²) in [7, 11) is 0. The summed E-state index contributed by atoms with van der Waals surface area (Å²) >= 11 is 3.60. The van der Waals surface area contributed by atoms with Crippen molar-refractivity contribution in [3.8, 4) is 0 Å². The Labute approximate surface area is 116 Å². The fraction of sp³-hybridized carbons (Fsp3) is 1.00. The molecule has 0 radical (unpaired) electrons. The van der Waals surface area contributed by atoms with Crippen LogP contribution in [0.5, 0.6) is 0 Å². The van der Waals surface area contributed by atoms with Gasteiger partial charge in [0.15, 0.2) is 0 Å². The maximum absolute atomic E-state index is 6.17. The molecule has 0 aliphatic heterocycles. The lowest BCUT2D eigenvalue weighted by atomic mass is 9.71. The lowest BCUT2D eigenvalue weighted by molar-refractivity contribution is -0.0383. The van der Waals surface area contributed by atoms with E-state index in [9.17, 15) is 0 Å². The van der Waals surface area contributed by atoms with Gasteiger partial charge in [-0.25, -0.2) is 0 Å². The minimum absolute atomic E-state index is 0.462. The van der Waals surface area contributed by atoms with Crippen molar-refractivity contribution in [3.63, 3.8) is 0 Å². The molecule has 0 spiro atoms. The maximum atomic E-state index is 6.17. The van der Waals surface area contributed by atoms with E-state index in [0.717, 1.165) is 17.9 Å². The van der Waals surface area contributed by atoms with Gasteiger partial charge in [0.1, 0.15) is 0 Å². The Balaban J connectivity index is 2.41. The van der Waals surface area contributed by atoms with E-state index in [-0.39, 0.29) is 0 Å². The van der Waals surface area contributed by atoms with Crippen LogP contribution in [0.4, 0.5) is 0 Å². The van der Waals surface area contributed by atoms with E-state index in [2.05, 4.69) is 50.5 Å². The van der Waals surface area contributed by atoms with Crippen molar-refractivity contribution in [3.05, 3.63) is 0 Å². The summed E-state index contributed by atoms with van der Waals surface area (Å²) in [6.45, 7) is 12.6. The van der Waals surface area contributed by atoms with E-state index in [0.29, 0.717) is 23.4 Å². The highest BCUT2D eigenvalue weighted by Crippen LogP contribution is 2.39. The molecule has 17 heavy (non-hydrogen) atoms. The van der Waals surface area contributed by atoms with E-state index in [4.69, 9.17) is 4.74 Å². The first kappa shape index (κ1) is 15.5. The fourth-order valence-electron chi connectivity index (χ4n) is 3.06. The first-order valence-electron chi connectivity index (χ1n) is 7.01. The van der Waals surface area contributed by atoms with Crippen molar-refractivity contribution in [1.82, 2.24) is 0 Å². The molecule has 102 valence electrons. The molecule has 2 heteroatoms. The summed E-state index contributed by atoms with van der Waals surface area (Å²) in [6, 6.07) is 0. The molecule has 3 unspecified atom stereocenters. The van der Waals surface area contributed by atoms with Crippen LogP contribution < -0.4 is 0 Å². The fourth-order valence-corrected chi connectivity index (χ4v) is 3.99. The highest BCUT2D eigenvalue weighted by Gasteiger charge is 2.32. The van der Waals surface area contributed by atoms with Gasteiger partial charge in [-0.2, -0.15) is 0 Å². The molecule has 0 aromatic heterocycles. The van der Waals surface area contributed by atoms with Crippen molar-refractivity contribution in [2.24, 2.45) is 23.2 Å². The highest BCUT2D eigenvalue weighted by molar-refractivity contribution is 9.09. The number of ether oxygens (including phenoxy) is 1. The number of hydrogen-bond acceptors (Lipinski definition) is 1. The van der Waals surface area contributed by atoms with Gasteiger partial charge in [0.05, 0.1) is 12.7 Å². The van der Waals surface area contributed by atoms with Crippen LogP contribution in [0.1, 0.15) is 53.9 Å². The van der Waals surface area contributed by atoms with Crippen LogP contribution in [0.15, 0.2) is 0 Å². The molecule has 3 atom stereocenters. The normalized spacial score (nSPS) is 30.5. The zero-order chi connectivity index (χ0) is 13.1. The van der Waals surface area contributed by atoms with Crippen molar-refractivity contribution in [1.29, 1.82) is 0 Å². The van der Waals surface area contributed by atoms with E-state index in [1.165, 1.54) is 19.3 Å². The van der Waals surface area contributed by atoms with E-state index < -0.39 is 0 Å². The quantitative estimate of drug-likeness (QED) is 0.657. The molecule has 1 nitrogen and oxygen atoms in total. The third-order valence-electron chi connectivity index (χ3n) is 4.03. The summed E-state index contributed by atoms with van der Waals surface area (Å²) in [6.07, 6.45) is 4.30. The number of halogens is 1. The molecule has 0 amide bonds. The Kier molecular flexibility index (Phi) is 5.98.